The van der Waals surface area contributed by atoms with E-state index in [1.807, 2.05) is 0 Å². The van der Waals surface area contributed by atoms with E-state index in [1.54, 1.807) is 30.3 Å². The van der Waals surface area contributed by atoms with Crippen molar-refractivity contribution < 1.29 is 8.53 Å². The first-order valence-corrected chi connectivity index (χ1v) is 5.34. The van der Waals surface area contributed by atoms with Gasteiger partial charge in [-0.2, -0.15) is 0 Å². The Kier molecular flexibility index (Phi) is 3.59. The molecule has 4 heteroatoms. The Bertz CT molecular complexity index is 343. The summed E-state index contributed by atoms with van der Waals surface area (Å²) in [5, 5.41) is 0. The fraction of sp³-hybridized carbons (Fsp3) is 0. The van der Waals surface area contributed by atoms with Gasteiger partial charge in [0.25, 0.3) is 0 Å². The molecule has 1 aromatic carbocycles. The number of primary amides is 1. The quantitative estimate of drug-likeness (QED) is 0.587. The Morgan fingerprint density at radius 3 is 2.38 bits per heavy atom. The molecule has 0 aromatic heterocycles. The van der Waals surface area contributed by atoms with E-state index in [-0.39, 0.29) is 0 Å². The van der Waals surface area contributed by atoms with Crippen molar-refractivity contribution in [3.8, 4) is 0 Å². The van der Waals surface area contributed by atoms with E-state index >= 15 is 0 Å². The zero-order chi connectivity index (χ0) is 9.68. The first-order chi connectivity index (χ1) is 6.22. The first-order valence-electron chi connectivity index (χ1n) is 3.63. The summed E-state index contributed by atoms with van der Waals surface area (Å²) in [5.74, 6) is -0.473. The van der Waals surface area contributed by atoms with Crippen molar-refractivity contribution in [1.82, 2.24) is 0 Å². The maximum absolute atomic E-state index is 10.5. The summed E-state index contributed by atoms with van der Waals surface area (Å²) in [7, 11) is 0. The monoisotopic (exact) mass is 237 g/mol. The van der Waals surface area contributed by atoms with Crippen molar-refractivity contribution in [2.24, 2.45) is 5.73 Å². The van der Waals surface area contributed by atoms with Crippen LogP contribution in [0.5, 0.6) is 0 Å². The number of rotatable bonds is 3. The molecule has 0 heterocycles. The molecule has 0 aliphatic rings. The topological polar surface area (TPSA) is 60.2 Å². The van der Waals surface area contributed by atoms with Crippen LogP contribution in [-0.4, -0.2) is 21.6 Å². The predicted octanol–water partition coefficient (Wildman–Crippen LogP) is -0.140. The molecule has 0 atom stereocenters. The maximum atomic E-state index is 10.5. The number of carbonyl (C=O) groups excluding carboxylic acids is 1. The fourth-order valence-corrected chi connectivity index (χ4v) is 1.39. The molecule has 0 spiro atoms. The SMILES string of the molecule is NC(=O)C=Cc1ccc([As]=O)cc1. The molecule has 1 rings (SSSR count). The molecule has 0 radical (unpaired) electrons. The third kappa shape index (κ3) is 3.34. The van der Waals surface area contributed by atoms with Crippen molar-refractivity contribution in [3.63, 3.8) is 0 Å². The van der Waals surface area contributed by atoms with Gasteiger partial charge in [-0.25, -0.2) is 0 Å². The Morgan fingerprint density at radius 1 is 1.31 bits per heavy atom. The van der Waals surface area contributed by atoms with Crippen molar-refractivity contribution >= 4 is 32.0 Å². The Balaban J connectivity index is 2.80. The third-order valence-corrected chi connectivity index (χ3v) is 2.51. The number of amides is 1. The molecule has 1 amide bonds. The molecule has 1 aromatic rings. The summed E-state index contributed by atoms with van der Waals surface area (Å²) in [4.78, 5) is 10.4. The molecule has 0 bridgehead atoms. The van der Waals surface area contributed by atoms with Crippen molar-refractivity contribution in [3.05, 3.63) is 35.9 Å². The van der Waals surface area contributed by atoms with Gasteiger partial charge in [-0.05, 0) is 0 Å². The van der Waals surface area contributed by atoms with Gasteiger partial charge >= 0.3 is 82.2 Å². The number of benzene rings is 1. The van der Waals surface area contributed by atoms with E-state index in [9.17, 15) is 8.53 Å². The second kappa shape index (κ2) is 4.73. The van der Waals surface area contributed by atoms with Gasteiger partial charge in [0.2, 0.25) is 0 Å². The molecule has 0 saturated heterocycles. The van der Waals surface area contributed by atoms with Crippen LogP contribution in [0.4, 0.5) is 0 Å². The minimum atomic E-state index is -0.963. The number of nitrogens with two attached hydrogens (primary N) is 1. The summed E-state index contributed by atoms with van der Waals surface area (Å²) in [6, 6.07) is 7.13. The fourth-order valence-electron chi connectivity index (χ4n) is 0.825. The summed E-state index contributed by atoms with van der Waals surface area (Å²) < 4.78 is 11.3. The van der Waals surface area contributed by atoms with Gasteiger partial charge < -0.3 is 0 Å². The molecule has 0 aliphatic heterocycles. The number of carbonyl (C=O) groups is 1. The zero-order valence-corrected chi connectivity index (χ0v) is 8.68. The normalized spacial score (nSPS) is 10.8. The molecule has 13 heavy (non-hydrogen) atoms. The van der Waals surface area contributed by atoms with Crippen LogP contribution >= 0.6 is 0 Å². The Morgan fingerprint density at radius 2 is 1.92 bits per heavy atom. The van der Waals surface area contributed by atoms with Crippen LogP contribution in [0, 0.1) is 0 Å². The van der Waals surface area contributed by atoms with Crippen molar-refractivity contribution in [2.75, 3.05) is 0 Å². The molecule has 3 nitrogen and oxygen atoms in total. The molecule has 0 fully saturated rings. The van der Waals surface area contributed by atoms with Crippen LogP contribution in [0.1, 0.15) is 5.56 Å². The van der Waals surface area contributed by atoms with E-state index in [2.05, 4.69) is 0 Å². The zero-order valence-electron chi connectivity index (χ0n) is 6.81. The Labute approximate surface area is 82.5 Å². The van der Waals surface area contributed by atoms with Crippen LogP contribution < -0.4 is 10.1 Å². The Hall–Kier alpha value is -1.21. The van der Waals surface area contributed by atoms with E-state index in [1.165, 1.54) is 6.08 Å². The summed E-state index contributed by atoms with van der Waals surface area (Å²) in [6.07, 6.45) is 2.91. The average Bonchev–Trinajstić information content (AvgIpc) is 2.15. The van der Waals surface area contributed by atoms with Gasteiger partial charge in [-0.3, -0.25) is 0 Å². The van der Waals surface area contributed by atoms with Gasteiger partial charge in [0, 0.05) is 0 Å². The third-order valence-electron chi connectivity index (χ3n) is 1.44. The van der Waals surface area contributed by atoms with Gasteiger partial charge in [-0.1, -0.05) is 0 Å². The standard InChI is InChI=1S/C9H8AsNO2/c11-9(12)6-3-7-1-4-8(10-13)5-2-7/h1-6H,(H2,11,12). The summed E-state index contributed by atoms with van der Waals surface area (Å²) in [5.41, 5.74) is 5.80. The van der Waals surface area contributed by atoms with Gasteiger partial charge in [0.1, 0.15) is 0 Å². The van der Waals surface area contributed by atoms with Crippen molar-refractivity contribution in [1.29, 1.82) is 0 Å². The average molecular weight is 237 g/mol. The molecule has 0 saturated carbocycles. The van der Waals surface area contributed by atoms with E-state index in [0.717, 1.165) is 9.91 Å². The molecular weight excluding hydrogens is 229 g/mol. The molecule has 0 aliphatic carbocycles. The number of hydrogen-bond acceptors (Lipinski definition) is 2. The van der Waals surface area contributed by atoms with Crippen LogP contribution in [0.15, 0.2) is 30.3 Å². The van der Waals surface area contributed by atoms with Crippen LogP contribution in [0.25, 0.3) is 6.08 Å². The summed E-state index contributed by atoms with van der Waals surface area (Å²) >= 11 is -0.963. The predicted molar refractivity (Wildman–Crippen MR) is 50.7 cm³/mol. The molecule has 66 valence electrons. The molecule has 0 unspecified atom stereocenters. The van der Waals surface area contributed by atoms with Gasteiger partial charge in [-0.15, -0.1) is 0 Å². The number of hydrogen-bond donors (Lipinski definition) is 1. The van der Waals surface area contributed by atoms with E-state index in [0.29, 0.717) is 0 Å². The second-order valence-electron chi connectivity index (χ2n) is 2.42. The first kappa shape index (κ1) is 9.87. The van der Waals surface area contributed by atoms with E-state index in [4.69, 9.17) is 5.73 Å². The van der Waals surface area contributed by atoms with Gasteiger partial charge in [0.05, 0.1) is 0 Å². The van der Waals surface area contributed by atoms with Crippen LogP contribution in [0.2, 0.25) is 0 Å². The minimum absolute atomic E-state index is 0.473. The van der Waals surface area contributed by atoms with Crippen LogP contribution in [0.3, 0.4) is 0 Å². The van der Waals surface area contributed by atoms with Crippen molar-refractivity contribution in [2.45, 2.75) is 0 Å². The molecule has 2 N–H and O–H groups in total. The summed E-state index contributed by atoms with van der Waals surface area (Å²) in [6.45, 7) is 0. The second-order valence-corrected chi connectivity index (χ2v) is 3.89. The van der Waals surface area contributed by atoms with E-state index < -0.39 is 21.6 Å². The molecular formula is C9H8AsNO2. The van der Waals surface area contributed by atoms with Gasteiger partial charge in [0.15, 0.2) is 0 Å². The van der Waals surface area contributed by atoms with Crippen LogP contribution in [-0.2, 0) is 8.53 Å².